The Morgan fingerprint density at radius 3 is 2.35 bits per heavy atom. The number of benzene rings is 2. The van der Waals surface area contributed by atoms with Gasteiger partial charge in [-0.1, -0.05) is 55.5 Å². The number of amides is 3. The average Bonchev–Trinajstić information content (AvgIpc) is 3.18. The summed E-state index contributed by atoms with van der Waals surface area (Å²) in [5.41, 5.74) is 2.25. The second kappa shape index (κ2) is 7.98. The topological polar surface area (TPSA) is 59.1 Å². The Morgan fingerprint density at radius 1 is 0.968 bits per heavy atom. The summed E-state index contributed by atoms with van der Waals surface area (Å²) in [4.78, 5) is 34.3. The Balaban J connectivity index is 1.41. The van der Waals surface area contributed by atoms with Crippen molar-refractivity contribution in [2.45, 2.75) is 31.8 Å². The van der Waals surface area contributed by atoms with Crippen molar-refractivity contribution in [3.8, 4) is 0 Å². The third-order valence-corrected chi connectivity index (χ3v) is 6.64. The van der Waals surface area contributed by atoms with Crippen LogP contribution in [0.15, 0.2) is 60.7 Å². The third-order valence-electron chi connectivity index (χ3n) is 6.64. The molecule has 0 radical (unpaired) electrons. The maximum absolute atomic E-state index is 13.6. The number of fused-ring (bicyclic) bond motifs is 3. The Kier molecular flexibility index (Phi) is 5.16. The highest BCUT2D eigenvalue weighted by molar-refractivity contribution is 6.00. The number of imide groups is 1. The van der Waals surface area contributed by atoms with E-state index in [0.29, 0.717) is 18.9 Å². The molecule has 3 amide bonds. The predicted molar refractivity (Wildman–Crippen MR) is 119 cm³/mol. The molecule has 2 aromatic rings. The van der Waals surface area contributed by atoms with E-state index in [0.717, 1.165) is 24.3 Å². The quantitative estimate of drug-likeness (QED) is 0.823. The van der Waals surface area contributed by atoms with Crippen LogP contribution in [0.2, 0.25) is 0 Å². The van der Waals surface area contributed by atoms with Gasteiger partial charge in [0.05, 0.1) is 0 Å². The van der Waals surface area contributed by atoms with Crippen LogP contribution in [0.3, 0.4) is 0 Å². The average molecular weight is 420 g/mol. The molecule has 31 heavy (non-hydrogen) atoms. The van der Waals surface area contributed by atoms with Crippen LogP contribution in [0.4, 0.5) is 10.5 Å². The zero-order chi connectivity index (χ0) is 21.5. The van der Waals surface area contributed by atoms with Gasteiger partial charge in [-0.05, 0) is 30.0 Å². The smallest absolute Gasteiger partial charge is 0.327 e. The summed E-state index contributed by atoms with van der Waals surface area (Å²) in [7, 11) is 1.80. The highest BCUT2D eigenvalue weighted by Gasteiger charge is 2.56. The zero-order valence-corrected chi connectivity index (χ0v) is 18.0. The van der Waals surface area contributed by atoms with Crippen LogP contribution in [-0.2, 0) is 11.2 Å². The molecule has 4 unspecified atom stereocenters. The van der Waals surface area contributed by atoms with Crippen molar-refractivity contribution in [2.75, 3.05) is 31.6 Å². The van der Waals surface area contributed by atoms with Crippen molar-refractivity contribution >= 4 is 17.6 Å². The largest absolute Gasteiger partial charge is 0.343 e. The first-order valence-electron chi connectivity index (χ1n) is 11.0. The van der Waals surface area contributed by atoms with Gasteiger partial charge in [-0.2, -0.15) is 0 Å². The number of carbonyl (C=O) groups excluding carboxylic acids is 2. The van der Waals surface area contributed by atoms with Crippen molar-refractivity contribution in [3.05, 3.63) is 66.2 Å². The molecule has 4 atom stereocenters. The van der Waals surface area contributed by atoms with Crippen LogP contribution < -0.4 is 10.2 Å². The van der Waals surface area contributed by atoms with Crippen LogP contribution in [0.25, 0.3) is 0 Å². The number of urea groups is 1. The van der Waals surface area contributed by atoms with E-state index in [4.69, 9.17) is 0 Å². The molecule has 3 aliphatic rings. The summed E-state index contributed by atoms with van der Waals surface area (Å²) in [6.07, 6.45) is 0.226. The summed E-state index contributed by atoms with van der Waals surface area (Å²) in [5, 5.41) is 3.58. The fourth-order valence-corrected chi connectivity index (χ4v) is 5.13. The van der Waals surface area contributed by atoms with Crippen molar-refractivity contribution in [2.24, 2.45) is 5.92 Å². The Labute approximate surface area is 183 Å². The SMILES string of the molecule is CC1CN(c2ccccc2)C2NC3C(C(=O)N(CCc4ccccc4)C(=O)N3C)N2C1. The van der Waals surface area contributed by atoms with Gasteiger partial charge in [0.15, 0.2) is 0 Å². The second-order valence-corrected chi connectivity index (χ2v) is 8.84. The second-order valence-electron chi connectivity index (χ2n) is 8.84. The van der Waals surface area contributed by atoms with Gasteiger partial charge in [-0.15, -0.1) is 0 Å². The summed E-state index contributed by atoms with van der Waals surface area (Å²) in [5.74, 6) is 0.312. The molecule has 0 aromatic heterocycles. The minimum atomic E-state index is -0.377. The van der Waals surface area contributed by atoms with Crippen LogP contribution in [0.5, 0.6) is 0 Å². The van der Waals surface area contributed by atoms with Gasteiger partial charge in [0, 0.05) is 32.4 Å². The fourth-order valence-electron chi connectivity index (χ4n) is 5.13. The number of nitrogens with zero attached hydrogens (tertiary/aromatic N) is 4. The van der Waals surface area contributed by atoms with E-state index in [1.165, 1.54) is 4.90 Å². The number of rotatable bonds is 4. The van der Waals surface area contributed by atoms with Gasteiger partial charge in [-0.3, -0.25) is 19.9 Å². The maximum Gasteiger partial charge on any atom is 0.327 e. The fraction of sp³-hybridized carbons (Fsp3) is 0.417. The molecule has 3 heterocycles. The van der Waals surface area contributed by atoms with Crippen LogP contribution in [-0.4, -0.2) is 71.8 Å². The number of carbonyl (C=O) groups is 2. The lowest BCUT2D eigenvalue weighted by Crippen LogP contribution is -2.66. The summed E-state index contributed by atoms with van der Waals surface area (Å²) in [6, 6.07) is 19.7. The molecule has 0 saturated carbocycles. The normalized spacial score (nSPS) is 28.6. The molecule has 162 valence electrons. The maximum atomic E-state index is 13.6. The molecule has 3 aliphatic heterocycles. The summed E-state index contributed by atoms with van der Waals surface area (Å²) >= 11 is 0. The molecule has 1 N–H and O–H groups in total. The number of nitrogens with one attached hydrogen (secondary N) is 1. The Bertz CT molecular complexity index is 953. The van der Waals surface area contributed by atoms with E-state index >= 15 is 0 Å². The first-order chi connectivity index (χ1) is 15.0. The molecule has 0 bridgehead atoms. The Hall–Kier alpha value is -2.90. The van der Waals surface area contributed by atoms with Crippen molar-refractivity contribution in [1.82, 2.24) is 20.0 Å². The number of anilines is 1. The van der Waals surface area contributed by atoms with Crippen molar-refractivity contribution < 1.29 is 9.59 Å². The van der Waals surface area contributed by atoms with Crippen molar-refractivity contribution in [1.29, 1.82) is 0 Å². The summed E-state index contributed by atoms with van der Waals surface area (Å²) in [6.45, 7) is 4.34. The number of likely N-dealkylation sites (N-methyl/N-ethyl adjacent to an activating group) is 1. The molecule has 5 rings (SSSR count). The molecule has 2 aromatic carbocycles. The first kappa shape index (κ1) is 20.0. The minimum absolute atomic E-state index is 0.0962. The molecule has 7 nitrogen and oxygen atoms in total. The molecular formula is C24H29N5O2. The zero-order valence-electron chi connectivity index (χ0n) is 18.0. The monoisotopic (exact) mass is 419 g/mol. The lowest BCUT2D eigenvalue weighted by atomic mass is 10.0. The van der Waals surface area contributed by atoms with Gasteiger partial charge in [-0.25, -0.2) is 4.79 Å². The highest BCUT2D eigenvalue weighted by atomic mass is 16.2. The minimum Gasteiger partial charge on any atom is -0.343 e. The van der Waals surface area contributed by atoms with E-state index < -0.39 is 0 Å². The van der Waals surface area contributed by atoms with Gasteiger partial charge < -0.3 is 9.80 Å². The highest BCUT2D eigenvalue weighted by Crippen LogP contribution is 2.34. The van der Waals surface area contributed by atoms with Gasteiger partial charge in [0.1, 0.15) is 18.5 Å². The van der Waals surface area contributed by atoms with E-state index in [9.17, 15) is 9.59 Å². The van der Waals surface area contributed by atoms with E-state index in [-0.39, 0.29) is 30.4 Å². The summed E-state index contributed by atoms with van der Waals surface area (Å²) < 4.78 is 0. The van der Waals surface area contributed by atoms with Gasteiger partial charge in [0.25, 0.3) is 5.91 Å². The van der Waals surface area contributed by atoms with Crippen LogP contribution in [0, 0.1) is 5.92 Å². The van der Waals surface area contributed by atoms with E-state index in [2.05, 4.69) is 34.2 Å². The molecular weight excluding hydrogens is 390 g/mol. The lowest BCUT2D eigenvalue weighted by molar-refractivity contribution is -0.138. The van der Waals surface area contributed by atoms with Crippen LogP contribution >= 0.6 is 0 Å². The Morgan fingerprint density at radius 2 is 1.65 bits per heavy atom. The molecule has 0 aliphatic carbocycles. The molecule has 3 fully saturated rings. The lowest BCUT2D eigenvalue weighted by Gasteiger charge is -2.46. The van der Waals surface area contributed by atoms with E-state index in [1.807, 2.05) is 48.5 Å². The standard InChI is InChI=1S/C24H29N5O2/c1-17-15-28(19-11-7-4-8-12-19)23-25-21-20(29(23)16-17)22(30)27(24(31)26(21)2)14-13-18-9-5-3-6-10-18/h3-12,17,20-21,23,25H,13-16H2,1-2H3. The first-order valence-corrected chi connectivity index (χ1v) is 11.0. The van der Waals surface area contributed by atoms with Crippen molar-refractivity contribution in [3.63, 3.8) is 0 Å². The number of hydrogen-bond acceptors (Lipinski definition) is 5. The van der Waals surface area contributed by atoms with Crippen LogP contribution in [0.1, 0.15) is 12.5 Å². The number of hydrogen-bond donors (Lipinski definition) is 1. The third kappa shape index (κ3) is 3.47. The molecule has 0 spiro atoms. The molecule has 7 heteroatoms. The molecule has 3 saturated heterocycles. The van der Waals surface area contributed by atoms with Gasteiger partial charge >= 0.3 is 6.03 Å². The number of para-hydroxylation sites is 1. The van der Waals surface area contributed by atoms with Gasteiger partial charge in [0.2, 0.25) is 0 Å². The predicted octanol–water partition coefficient (Wildman–Crippen LogP) is 2.16. The van der Waals surface area contributed by atoms with E-state index in [1.54, 1.807) is 11.9 Å².